The van der Waals surface area contributed by atoms with Crippen molar-refractivity contribution in [2.75, 3.05) is 4.90 Å². The van der Waals surface area contributed by atoms with Crippen molar-refractivity contribution in [3.05, 3.63) is 108 Å². The summed E-state index contributed by atoms with van der Waals surface area (Å²) >= 11 is 9.66. The molecule has 1 heterocycles. The molecule has 0 spiro atoms. The van der Waals surface area contributed by atoms with Gasteiger partial charge >= 0.3 is 7.12 Å². The van der Waals surface area contributed by atoms with Crippen LogP contribution in [0.1, 0.15) is 52.7 Å². The maximum Gasteiger partial charge on any atom is 0.494 e. The van der Waals surface area contributed by atoms with E-state index in [1.165, 1.54) is 40.0 Å². The first-order valence-electron chi connectivity index (χ1n) is 29.6. The topological polar surface area (TPSA) is 21.7 Å². The number of fused-ring (bicyclic) bond motifs is 3. The van der Waals surface area contributed by atoms with Gasteiger partial charge in [-0.25, -0.2) is 0 Å². The highest BCUT2D eigenvalue weighted by molar-refractivity contribution is 8.87. The van der Waals surface area contributed by atoms with E-state index in [1.54, 1.807) is 107 Å². The number of benzene rings is 4. The van der Waals surface area contributed by atoms with Gasteiger partial charge in [0.05, 0.1) is 11.2 Å². The number of hydrogen-bond acceptors (Lipinski definition) is 5. The minimum Gasteiger partial charge on any atom is -0.399 e. The van der Waals surface area contributed by atoms with Crippen LogP contribution < -0.4 is 10.4 Å². The molecule has 0 bridgehead atoms. The highest BCUT2D eigenvalue weighted by Crippen LogP contribution is 2.50. The lowest BCUT2D eigenvalue weighted by Crippen LogP contribution is -2.41. The third-order valence-electron chi connectivity index (χ3n) is 11.2. The van der Waals surface area contributed by atoms with Crippen molar-refractivity contribution in [3.8, 4) is 11.1 Å². The Hall–Kier alpha value is 18.7. The van der Waals surface area contributed by atoms with E-state index in [2.05, 4.69) is 144 Å². The zero-order valence-corrected chi connectivity index (χ0v) is 145. The van der Waals surface area contributed by atoms with Crippen LogP contribution in [0.5, 0.6) is 0 Å². The fourth-order valence-electron chi connectivity index (χ4n) is 6.70. The van der Waals surface area contributed by atoms with Gasteiger partial charge in [0.2, 0.25) is 0 Å². The summed E-state index contributed by atoms with van der Waals surface area (Å²) in [7, 11) is 177. The molecule has 0 unspecified atom stereocenters. The Morgan fingerprint density at radius 3 is 0.555 bits per heavy atom. The molecule has 1 aliphatic heterocycles. The summed E-state index contributed by atoms with van der Waals surface area (Å²) in [5.41, 5.74) is 9.04. The molecular weight excluding hydrogens is 3660 g/mol. The van der Waals surface area contributed by atoms with Gasteiger partial charge in [-0.05, 0) is 91.8 Å². The lowest BCUT2D eigenvalue weighted by atomic mass is 9.79. The van der Waals surface area contributed by atoms with Crippen molar-refractivity contribution >= 4 is 922 Å². The molecule has 137 heavy (non-hydrogen) atoms. The van der Waals surface area contributed by atoms with E-state index in [1.807, 2.05) is 746 Å². The van der Waals surface area contributed by atoms with Gasteiger partial charge < -0.3 is 14.2 Å². The molecule has 1 fully saturated rings. The molecule has 0 aromatic heterocycles. The number of para-hydroxylation sites is 1. The highest BCUT2D eigenvalue weighted by Gasteiger charge is 2.51. The van der Waals surface area contributed by atoms with Gasteiger partial charge in [-0.1, -0.05) is 74.5 Å². The summed E-state index contributed by atoms with van der Waals surface area (Å²) in [5, 5.41) is 0. The van der Waals surface area contributed by atoms with Crippen molar-refractivity contribution in [1.82, 2.24) is 0 Å². The molecule has 1 aliphatic carbocycles. The lowest BCUT2D eigenvalue weighted by molar-refractivity contribution is 0.00578. The van der Waals surface area contributed by atoms with Crippen LogP contribution in [0.3, 0.4) is 0 Å². The van der Waals surface area contributed by atoms with Crippen LogP contribution in [-0.2, 0) is 907 Å². The summed E-state index contributed by atoms with van der Waals surface area (Å²) in [4.78, 5) is 2.33. The molecule has 6 rings (SSSR count). The molecule has 0 atom stereocenters. The molecule has 786 valence electrons. The third kappa shape index (κ3) is 82.8. The smallest absolute Gasteiger partial charge is 0.399 e. The molecule has 104 heteroatoms. The minimum atomic E-state index is -0.372. The second-order valence-electron chi connectivity index (χ2n) is 18.4. The average molecular weight is 3690 g/mol. The second kappa shape index (κ2) is 109. The monoisotopic (exact) mass is 3680 g/mol. The fourth-order valence-corrected chi connectivity index (χ4v) is 270. The van der Waals surface area contributed by atoms with Crippen molar-refractivity contribution in [2.24, 2.45) is 0 Å². The number of hydrogen-bond donors (Lipinski definition) is 0. The second-order valence-corrected chi connectivity index (χ2v) is 192. The summed E-state index contributed by atoms with van der Waals surface area (Å²) in [6.45, 7) is 13.0. The lowest BCUT2D eigenvalue weighted by Gasteiger charge is -2.32. The van der Waals surface area contributed by atoms with Gasteiger partial charge in [0.1, 0.15) is 0 Å². The largest absolute Gasteiger partial charge is 0.494 e. The van der Waals surface area contributed by atoms with Crippen molar-refractivity contribution < 1.29 is 9.31 Å². The van der Waals surface area contributed by atoms with Crippen molar-refractivity contribution in [2.45, 2.75) is 58.2 Å². The van der Waals surface area contributed by atoms with Gasteiger partial charge in [0, 0.05) is 915 Å². The van der Waals surface area contributed by atoms with Crippen LogP contribution in [0.15, 0.2) is 97.1 Å². The predicted molar refractivity (Wildman–Crippen MR) is 891 cm³/mol. The van der Waals surface area contributed by atoms with E-state index < -0.39 is 0 Å². The molecule has 0 amide bonds. The summed E-state index contributed by atoms with van der Waals surface area (Å²) < 4.78 is 12.6. The molecule has 4 aromatic rings. The van der Waals surface area contributed by atoms with E-state index in [9.17, 15) is 0 Å². The van der Waals surface area contributed by atoms with E-state index >= 15 is 0 Å². The van der Waals surface area contributed by atoms with Crippen molar-refractivity contribution in [1.29, 1.82) is 0 Å². The first-order chi connectivity index (χ1) is 67.5. The Labute approximate surface area is 1080 Å². The molecule has 0 radical (unpaired) electrons. The maximum atomic E-state index is 6.29. The normalized spacial score (nSPS) is 10.7. The molecule has 3 nitrogen and oxygen atoms in total. The van der Waals surface area contributed by atoms with Crippen molar-refractivity contribution in [3.63, 3.8) is 0 Å². The van der Waals surface area contributed by atoms with E-state index in [4.69, 9.17) is 31.7 Å². The molecule has 2 aliphatic rings. The number of anilines is 3. The molecule has 0 N–H and O–H groups in total. The first kappa shape index (κ1) is 146. The summed E-state index contributed by atoms with van der Waals surface area (Å²) in [6, 6.07) is 34.8. The standard InChI is InChI=1S/C33H34BNO2.S100/c1-31(2)29-15-11-10-14-27(29)28-21-20-26(22-30(28)31)35(24-12-8-7-9-13-24)25-18-16-23(17-19-25)34-36-32(3,4)33(5,6)37-34;1-3-5-7-9-11-13-15-17-19-21-23-25-27-29-31-33-35-37-39-41-43-45-47-49-51-53-55-57-59-61-63-65-67-69-71-73-75-77-79-81-83-85-87-89-91-93-95-97-99-100-98-96-94-92-90-88-86-84-82-80-78-76-74-72-70-68-66-64-62-60-58-56-54-52-50-48-46-44-42-40-38-36-34-32-30-28-26-24-22-20-18-16-14-12-10-8-6-4-2/h7-22H,1-6H3;. The van der Waals surface area contributed by atoms with E-state index in [0.29, 0.717) is 0 Å². The minimum absolute atomic E-state index is 0.0507. The first-order valence-corrected chi connectivity index (χ1v) is 162. The Morgan fingerprint density at radius 1 is 0.182 bits per heavy atom. The van der Waals surface area contributed by atoms with Crippen LogP contribution in [-0.4, -0.2) is 18.3 Å². The van der Waals surface area contributed by atoms with E-state index in [0.717, 1.165) is 22.5 Å². The van der Waals surface area contributed by atoms with Crippen LogP contribution in [0.2, 0.25) is 0 Å². The van der Waals surface area contributed by atoms with E-state index in [-0.39, 0.29) is 23.7 Å². The van der Waals surface area contributed by atoms with Crippen LogP contribution in [0.25, 0.3) is 11.1 Å². The Bertz CT molecular complexity index is 9900. The van der Waals surface area contributed by atoms with Gasteiger partial charge in [-0.3, -0.25) is 0 Å². The predicted octanol–water partition coefficient (Wildman–Crippen LogP) is 7.52. The van der Waals surface area contributed by atoms with Gasteiger partial charge in [-0.2, -0.15) is 0 Å². The van der Waals surface area contributed by atoms with Gasteiger partial charge in [0.15, 0.2) is 0 Å². The Morgan fingerprint density at radius 2 is 0.350 bits per heavy atom. The molecular formula is C33H34BNO2S100. The summed E-state index contributed by atoms with van der Waals surface area (Å²) in [6.07, 6.45) is 0. The zero-order valence-electron chi connectivity index (χ0n) is 63.4. The summed E-state index contributed by atoms with van der Waals surface area (Å²) in [5.74, 6) is 0. The van der Waals surface area contributed by atoms with Gasteiger partial charge in [-0.15, -0.1) is 0 Å². The third-order valence-corrected chi connectivity index (χ3v) is 227. The molecule has 4 aromatic carbocycles. The molecule has 0 saturated carbocycles. The average Bonchev–Trinajstić information content (AvgIpc) is 1.58. The quantitative estimate of drug-likeness (QED) is 0.197. The molecule has 1 saturated heterocycles. The SMILES string of the molecule is CC1(C)c2ccccc2-c2ccc(N(c3ccccc3)c3ccc(B4OC(C)(C)C(C)(C)O4)cc3)cc21.S=S=S=S=S=S=S=S=S=S=S=S=S=S=S=S=S=S=S=S=S=S=S=S=S=S=S=S=S=S=S=S=S=S=S=S=S=S=S=S=S=S=S=S=S=S=S=S=S=S=S=S=S=S=S=S=S=S=S=S=S=S=S=S=S=S=S=S=S=S=S=S=S=S=S=S=S=S=S=S=S=S=S=S=S=S=S=S=S=S=S=S=S=S=S=S=S=S=S=S. The Kier molecular flexibility index (Phi) is 117. The Balaban J connectivity index is 0.000000727. The maximum absolute atomic E-state index is 6.29. The van der Waals surface area contributed by atoms with Crippen LogP contribution in [0.4, 0.5) is 17.1 Å². The zero-order chi connectivity index (χ0) is 97.3. The number of rotatable bonds is 4. The van der Waals surface area contributed by atoms with Gasteiger partial charge in [0.25, 0.3) is 0 Å². The van der Waals surface area contributed by atoms with Crippen LogP contribution >= 0.6 is 0 Å². The fraction of sp³-hybridized carbons (Fsp3) is 0.273. The van der Waals surface area contributed by atoms with Crippen LogP contribution in [0, 0.1) is 0 Å². The highest BCUT2D eigenvalue weighted by atomic mass is 33.6. The number of nitrogens with zero attached hydrogens (tertiary/aromatic N) is 1.